The lowest BCUT2D eigenvalue weighted by molar-refractivity contribution is 0.646. The van der Waals surface area contributed by atoms with Crippen molar-refractivity contribution in [1.82, 2.24) is 0 Å². The van der Waals surface area contributed by atoms with E-state index in [1.165, 1.54) is 6.08 Å². The molecule has 0 fully saturated rings. The van der Waals surface area contributed by atoms with E-state index >= 15 is 0 Å². The van der Waals surface area contributed by atoms with E-state index in [0.29, 0.717) is 11.3 Å². The van der Waals surface area contributed by atoms with Crippen molar-refractivity contribution in [2.75, 3.05) is 0 Å². The number of benzene rings is 1. The van der Waals surface area contributed by atoms with Gasteiger partial charge in [-0.15, -0.1) is 0 Å². The molecule has 1 nitrogen and oxygen atoms in total. The van der Waals surface area contributed by atoms with Crippen LogP contribution < -0.4 is 0 Å². The van der Waals surface area contributed by atoms with Crippen molar-refractivity contribution < 1.29 is 8.60 Å². The fourth-order valence-electron chi connectivity index (χ4n) is 1.11. The first-order valence-corrected chi connectivity index (χ1v) is 6.14. The monoisotopic (exact) mass is 226 g/mol. The lowest BCUT2D eigenvalue weighted by Gasteiger charge is -2.00. The summed E-state index contributed by atoms with van der Waals surface area (Å²) >= 11 is 0. The maximum absolute atomic E-state index is 13.3. The van der Waals surface area contributed by atoms with Crippen molar-refractivity contribution >= 4 is 10.8 Å². The minimum absolute atomic E-state index is 0.519. The fraction of sp³-hybridized carbons (Fsp3) is 0.333. The molecule has 1 aromatic carbocycles. The van der Waals surface area contributed by atoms with Gasteiger partial charge in [0.25, 0.3) is 0 Å². The maximum Gasteiger partial charge on any atom is 0.187 e. The summed E-state index contributed by atoms with van der Waals surface area (Å²) < 4.78 is 25.0. The zero-order valence-corrected chi connectivity index (χ0v) is 9.81. The second kappa shape index (κ2) is 5.81. The third-order valence-electron chi connectivity index (χ3n) is 2.01. The molecule has 1 rings (SSSR count). The molecular formula is C12H15FOS. The Kier molecular flexibility index (Phi) is 4.69. The Morgan fingerprint density at radius 2 is 2.00 bits per heavy atom. The predicted octanol–water partition coefficient (Wildman–Crippen LogP) is 3.71. The van der Waals surface area contributed by atoms with Crippen LogP contribution in [0.3, 0.4) is 0 Å². The van der Waals surface area contributed by atoms with E-state index in [9.17, 15) is 8.60 Å². The van der Waals surface area contributed by atoms with Gasteiger partial charge in [-0.2, -0.15) is 4.39 Å². The van der Waals surface area contributed by atoms with E-state index in [1.54, 1.807) is 12.1 Å². The highest BCUT2D eigenvalue weighted by molar-refractivity contribution is 7.88. The number of halogens is 1. The summed E-state index contributed by atoms with van der Waals surface area (Å²) in [7, 11) is -1.64. The molecule has 0 saturated carbocycles. The molecule has 1 atom stereocenters. The summed E-state index contributed by atoms with van der Waals surface area (Å²) in [6, 6.07) is 7.07. The second-order valence-electron chi connectivity index (χ2n) is 3.38. The van der Waals surface area contributed by atoms with Gasteiger partial charge in [0.15, 0.2) is 5.16 Å². The van der Waals surface area contributed by atoms with Gasteiger partial charge in [0.1, 0.15) is 10.8 Å². The molecular weight excluding hydrogens is 211 g/mol. The SMILES string of the molecule is CCC/C=C(\F)[S@@](=O)c1ccc(C)cc1. The molecule has 0 aliphatic heterocycles. The summed E-state index contributed by atoms with van der Waals surface area (Å²) in [5.41, 5.74) is 1.08. The van der Waals surface area contributed by atoms with Crippen molar-refractivity contribution in [3.8, 4) is 0 Å². The van der Waals surface area contributed by atoms with Crippen LogP contribution in [0.25, 0.3) is 0 Å². The molecule has 0 aliphatic rings. The summed E-state index contributed by atoms with van der Waals surface area (Å²) in [6.45, 7) is 3.90. The highest BCUT2D eigenvalue weighted by Crippen LogP contribution is 2.16. The molecule has 0 spiro atoms. The Hall–Kier alpha value is -0.960. The number of allylic oxidation sites excluding steroid dienone is 1. The molecule has 1 aromatic rings. The standard InChI is InChI=1S/C12H15FOS/c1-3-4-5-12(13)15(14)11-8-6-10(2)7-9-11/h5-9H,3-4H2,1-2H3/b12-5+/t15-/m0/s1. The van der Waals surface area contributed by atoms with E-state index in [2.05, 4.69) is 0 Å². The molecule has 0 radical (unpaired) electrons. The van der Waals surface area contributed by atoms with Gasteiger partial charge in [-0.25, -0.2) is 4.21 Å². The van der Waals surface area contributed by atoms with E-state index in [-0.39, 0.29) is 0 Å². The lowest BCUT2D eigenvalue weighted by Crippen LogP contribution is -1.91. The second-order valence-corrected chi connectivity index (χ2v) is 4.78. The summed E-state index contributed by atoms with van der Waals surface area (Å²) in [5.74, 6) is 0. The van der Waals surface area contributed by atoms with E-state index < -0.39 is 16.0 Å². The molecule has 0 saturated heterocycles. The van der Waals surface area contributed by atoms with Crippen LogP contribution >= 0.6 is 0 Å². The fourth-order valence-corrected chi connectivity index (χ4v) is 1.99. The Bertz CT molecular complexity index is 368. The molecule has 0 unspecified atom stereocenters. The molecule has 0 N–H and O–H groups in total. The average Bonchev–Trinajstić information content (AvgIpc) is 2.26. The first-order valence-electron chi connectivity index (χ1n) is 4.99. The van der Waals surface area contributed by atoms with Crippen LogP contribution in [-0.2, 0) is 10.8 Å². The molecule has 0 amide bonds. The highest BCUT2D eigenvalue weighted by atomic mass is 32.2. The van der Waals surface area contributed by atoms with Crippen molar-refractivity contribution in [3.05, 3.63) is 41.1 Å². The van der Waals surface area contributed by atoms with E-state index in [4.69, 9.17) is 0 Å². The molecule has 3 heteroatoms. The number of aryl methyl sites for hydroxylation is 1. The van der Waals surface area contributed by atoms with E-state index in [1.807, 2.05) is 26.0 Å². The summed E-state index contributed by atoms with van der Waals surface area (Å²) in [5, 5.41) is -0.541. The van der Waals surface area contributed by atoms with Crippen LogP contribution in [0.4, 0.5) is 4.39 Å². The quantitative estimate of drug-likeness (QED) is 0.764. The van der Waals surface area contributed by atoms with E-state index in [0.717, 1.165) is 12.0 Å². The number of unbranched alkanes of at least 4 members (excludes halogenated alkanes) is 1. The van der Waals surface area contributed by atoms with Gasteiger partial charge in [-0.3, -0.25) is 0 Å². The van der Waals surface area contributed by atoms with Gasteiger partial charge in [-0.05, 0) is 31.6 Å². The summed E-state index contributed by atoms with van der Waals surface area (Å²) in [4.78, 5) is 0.519. The molecule has 0 aromatic heterocycles. The van der Waals surface area contributed by atoms with Crippen LogP contribution in [-0.4, -0.2) is 4.21 Å². The topological polar surface area (TPSA) is 17.1 Å². The van der Waals surface area contributed by atoms with Crippen molar-refractivity contribution in [2.45, 2.75) is 31.6 Å². The van der Waals surface area contributed by atoms with Gasteiger partial charge >= 0.3 is 0 Å². The predicted molar refractivity (Wildman–Crippen MR) is 61.7 cm³/mol. The van der Waals surface area contributed by atoms with Crippen molar-refractivity contribution in [3.63, 3.8) is 0 Å². The smallest absolute Gasteiger partial charge is 0.187 e. The molecule has 0 heterocycles. The van der Waals surface area contributed by atoms with Crippen LogP contribution in [0.5, 0.6) is 0 Å². The van der Waals surface area contributed by atoms with Gasteiger partial charge in [0.05, 0.1) is 0 Å². The minimum Gasteiger partial charge on any atom is -0.247 e. The maximum atomic E-state index is 13.3. The third-order valence-corrected chi connectivity index (χ3v) is 3.23. The first-order chi connectivity index (χ1) is 7.15. The number of hydrogen-bond acceptors (Lipinski definition) is 1. The van der Waals surface area contributed by atoms with Crippen LogP contribution in [0, 0.1) is 6.92 Å². The number of rotatable bonds is 4. The minimum atomic E-state index is -1.64. The van der Waals surface area contributed by atoms with Gasteiger partial charge in [0, 0.05) is 4.90 Å². The van der Waals surface area contributed by atoms with Crippen LogP contribution in [0.1, 0.15) is 25.3 Å². The Labute approximate surface area is 92.5 Å². The lowest BCUT2D eigenvalue weighted by atomic mass is 10.2. The van der Waals surface area contributed by atoms with Gasteiger partial charge < -0.3 is 0 Å². The molecule has 15 heavy (non-hydrogen) atoms. The van der Waals surface area contributed by atoms with Crippen LogP contribution in [0.2, 0.25) is 0 Å². The third kappa shape index (κ3) is 3.59. The largest absolute Gasteiger partial charge is 0.247 e. The highest BCUT2D eigenvalue weighted by Gasteiger charge is 2.08. The normalized spacial score (nSPS) is 13.9. The van der Waals surface area contributed by atoms with Gasteiger partial charge in [-0.1, -0.05) is 31.0 Å². The zero-order chi connectivity index (χ0) is 11.3. The Morgan fingerprint density at radius 3 is 2.53 bits per heavy atom. The van der Waals surface area contributed by atoms with Crippen molar-refractivity contribution in [2.24, 2.45) is 0 Å². The molecule has 0 bridgehead atoms. The molecule has 82 valence electrons. The molecule has 0 aliphatic carbocycles. The zero-order valence-electron chi connectivity index (χ0n) is 9.00. The van der Waals surface area contributed by atoms with Crippen LogP contribution in [0.15, 0.2) is 40.4 Å². The first kappa shape index (κ1) is 12.1. The van der Waals surface area contributed by atoms with Crippen molar-refractivity contribution in [1.29, 1.82) is 0 Å². The number of hydrogen-bond donors (Lipinski definition) is 0. The average molecular weight is 226 g/mol. The Balaban J connectivity index is 2.80. The summed E-state index contributed by atoms with van der Waals surface area (Å²) in [6.07, 6.45) is 2.89. The van der Waals surface area contributed by atoms with Gasteiger partial charge in [0.2, 0.25) is 0 Å². The Morgan fingerprint density at radius 1 is 1.40 bits per heavy atom.